The Labute approximate surface area is 98.9 Å². The highest BCUT2D eigenvalue weighted by atomic mass is 35.5. The molecule has 1 rings (SSSR count). The van der Waals surface area contributed by atoms with E-state index in [1.54, 1.807) is 0 Å². The minimum atomic E-state index is -0.545. The first kappa shape index (κ1) is 12.0. The van der Waals surface area contributed by atoms with Crippen LogP contribution in [0.2, 0.25) is 0 Å². The van der Waals surface area contributed by atoms with Gasteiger partial charge in [0, 0.05) is 6.42 Å². The van der Waals surface area contributed by atoms with Crippen LogP contribution in [0.3, 0.4) is 0 Å². The first-order chi connectivity index (χ1) is 6.70. The smallest absolute Gasteiger partial charge is 0.124 e. The van der Waals surface area contributed by atoms with E-state index in [1.165, 1.54) is 0 Å². The van der Waals surface area contributed by atoms with Crippen molar-refractivity contribution in [1.29, 1.82) is 0 Å². The maximum atomic E-state index is 5.84. The van der Waals surface area contributed by atoms with Gasteiger partial charge in [0.25, 0.3) is 0 Å². The van der Waals surface area contributed by atoms with Crippen LogP contribution in [0.5, 0.6) is 5.75 Å². The highest BCUT2D eigenvalue weighted by Gasteiger charge is 2.13. The number of benzene rings is 1. The molecular weight excluding hydrogens is 242 g/mol. The number of para-hydroxylation sites is 1. The fourth-order valence-corrected chi connectivity index (χ4v) is 1.27. The lowest BCUT2D eigenvalue weighted by Gasteiger charge is -2.10. The molecule has 0 aliphatic heterocycles. The molecule has 0 heterocycles. The normalized spacial score (nSPS) is 12.9. The van der Waals surface area contributed by atoms with E-state index in [4.69, 9.17) is 39.5 Å². The van der Waals surface area contributed by atoms with E-state index in [9.17, 15) is 0 Å². The SMILES string of the molecule is ClC(Cl)C(Cl)CCOc1ccccc1. The average molecular weight is 254 g/mol. The molecule has 1 aromatic carbocycles. The van der Waals surface area contributed by atoms with Gasteiger partial charge in [-0.25, -0.2) is 0 Å². The zero-order valence-electron chi connectivity index (χ0n) is 7.50. The lowest BCUT2D eigenvalue weighted by molar-refractivity contribution is 0.310. The van der Waals surface area contributed by atoms with Crippen LogP contribution >= 0.6 is 34.8 Å². The zero-order valence-corrected chi connectivity index (χ0v) is 9.77. The van der Waals surface area contributed by atoms with Crippen LogP contribution in [0, 0.1) is 0 Å². The van der Waals surface area contributed by atoms with Crippen molar-refractivity contribution in [3.8, 4) is 5.75 Å². The third-order valence-corrected chi connectivity index (χ3v) is 3.02. The van der Waals surface area contributed by atoms with Crippen LogP contribution in [-0.2, 0) is 0 Å². The molecule has 0 amide bonds. The summed E-state index contributed by atoms with van der Waals surface area (Å²) in [6, 6.07) is 9.55. The summed E-state index contributed by atoms with van der Waals surface area (Å²) in [5.74, 6) is 0.831. The molecule has 0 bridgehead atoms. The molecule has 0 radical (unpaired) electrons. The quantitative estimate of drug-likeness (QED) is 0.724. The van der Waals surface area contributed by atoms with Crippen molar-refractivity contribution in [2.75, 3.05) is 6.61 Å². The van der Waals surface area contributed by atoms with Gasteiger partial charge in [0.2, 0.25) is 0 Å². The second-order valence-corrected chi connectivity index (χ2v) is 4.53. The topological polar surface area (TPSA) is 9.23 Å². The molecule has 0 N–H and O–H groups in total. The van der Waals surface area contributed by atoms with Gasteiger partial charge in [-0.2, -0.15) is 0 Å². The van der Waals surface area contributed by atoms with Crippen LogP contribution in [0.15, 0.2) is 30.3 Å². The van der Waals surface area contributed by atoms with E-state index in [1.807, 2.05) is 30.3 Å². The lowest BCUT2D eigenvalue weighted by atomic mass is 10.3. The number of hydrogen-bond donors (Lipinski definition) is 0. The fourth-order valence-electron chi connectivity index (χ4n) is 0.932. The predicted molar refractivity (Wildman–Crippen MR) is 61.7 cm³/mol. The van der Waals surface area contributed by atoms with Crippen LogP contribution in [0.1, 0.15) is 6.42 Å². The lowest BCUT2D eigenvalue weighted by Crippen LogP contribution is -2.13. The Morgan fingerprint density at radius 1 is 1.07 bits per heavy atom. The van der Waals surface area contributed by atoms with Gasteiger partial charge in [-0.15, -0.1) is 34.8 Å². The summed E-state index contributed by atoms with van der Waals surface area (Å²) in [5.41, 5.74) is 0. The molecule has 0 aliphatic carbocycles. The van der Waals surface area contributed by atoms with Crippen LogP contribution in [0.4, 0.5) is 0 Å². The summed E-state index contributed by atoms with van der Waals surface area (Å²) in [6.07, 6.45) is 0.633. The van der Waals surface area contributed by atoms with Gasteiger partial charge in [0.1, 0.15) is 10.6 Å². The minimum Gasteiger partial charge on any atom is -0.494 e. The second kappa shape index (κ2) is 6.39. The molecule has 1 unspecified atom stereocenters. The standard InChI is InChI=1S/C10H11Cl3O/c11-9(10(12)13)6-7-14-8-4-2-1-3-5-8/h1-5,9-10H,6-7H2. The van der Waals surface area contributed by atoms with Gasteiger partial charge < -0.3 is 4.74 Å². The van der Waals surface area contributed by atoms with E-state index >= 15 is 0 Å². The number of alkyl halides is 3. The number of halogens is 3. The Morgan fingerprint density at radius 2 is 1.71 bits per heavy atom. The Kier molecular flexibility index (Phi) is 5.46. The van der Waals surface area contributed by atoms with Gasteiger partial charge in [-0.1, -0.05) is 18.2 Å². The van der Waals surface area contributed by atoms with Crippen LogP contribution in [0.25, 0.3) is 0 Å². The van der Waals surface area contributed by atoms with Crippen molar-refractivity contribution < 1.29 is 4.74 Å². The number of hydrogen-bond acceptors (Lipinski definition) is 1. The third-order valence-electron chi connectivity index (χ3n) is 1.68. The van der Waals surface area contributed by atoms with Crippen LogP contribution in [-0.4, -0.2) is 16.8 Å². The summed E-state index contributed by atoms with van der Waals surface area (Å²) >= 11 is 17.0. The van der Waals surface area contributed by atoms with Gasteiger partial charge >= 0.3 is 0 Å². The Balaban J connectivity index is 2.22. The Hall–Kier alpha value is -0.110. The molecule has 0 fully saturated rings. The zero-order chi connectivity index (χ0) is 10.4. The maximum Gasteiger partial charge on any atom is 0.124 e. The highest BCUT2D eigenvalue weighted by Crippen LogP contribution is 2.18. The summed E-state index contributed by atoms with van der Waals surface area (Å²) < 4.78 is 5.43. The highest BCUT2D eigenvalue weighted by molar-refractivity contribution is 6.48. The monoisotopic (exact) mass is 252 g/mol. The molecule has 1 atom stereocenters. The van der Waals surface area contributed by atoms with Crippen molar-refractivity contribution >= 4 is 34.8 Å². The molecule has 0 spiro atoms. The largest absolute Gasteiger partial charge is 0.494 e. The van der Waals surface area contributed by atoms with E-state index in [-0.39, 0.29) is 5.38 Å². The van der Waals surface area contributed by atoms with Gasteiger partial charge in [-0.05, 0) is 12.1 Å². The van der Waals surface area contributed by atoms with Crippen molar-refractivity contribution in [2.45, 2.75) is 16.6 Å². The van der Waals surface area contributed by atoms with Gasteiger partial charge in [0.05, 0.1) is 12.0 Å². The van der Waals surface area contributed by atoms with Crippen molar-refractivity contribution in [1.82, 2.24) is 0 Å². The van der Waals surface area contributed by atoms with Crippen molar-refractivity contribution in [3.05, 3.63) is 30.3 Å². The molecule has 0 saturated heterocycles. The van der Waals surface area contributed by atoms with Crippen molar-refractivity contribution in [3.63, 3.8) is 0 Å². The summed E-state index contributed by atoms with van der Waals surface area (Å²) in [5, 5.41) is -0.262. The van der Waals surface area contributed by atoms with Crippen LogP contribution < -0.4 is 4.74 Å². The van der Waals surface area contributed by atoms with Gasteiger partial charge in [-0.3, -0.25) is 0 Å². The summed E-state index contributed by atoms with van der Waals surface area (Å²) in [4.78, 5) is -0.545. The molecule has 0 saturated carbocycles. The average Bonchev–Trinajstić information content (AvgIpc) is 2.19. The fraction of sp³-hybridized carbons (Fsp3) is 0.400. The second-order valence-electron chi connectivity index (χ2n) is 2.80. The maximum absolute atomic E-state index is 5.84. The molecule has 0 aromatic heterocycles. The van der Waals surface area contributed by atoms with E-state index in [2.05, 4.69) is 0 Å². The molecular formula is C10H11Cl3O. The molecule has 4 heteroatoms. The number of ether oxygens (including phenoxy) is 1. The summed E-state index contributed by atoms with van der Waals surface area (Å²) in [6.45, 7) is 0.522. The number of rotatable bonds is 5. The van der Waals surface area contributed by atoms with E-state index in [0.717, 1.165) is 5.75 Å². The Morgan fingerprint density at radius 3 is 2.29 bits per heavy atom. The van der Waals surface area contributed by atoms with E-state index in [0.29, 0.717) is 13.0 Å². The first-order valence-electron chi connectivity index (χ1n) is 4.30. The molecule has 0 aliphatic rings. The molecule has 14 heavy (non-hydrogen) atoms. The molecule has 1 nitrogen and oxygen atoms in total. The van der Waals surface area contributed by atoms with E-state index < -0.39 is 4.84 Å². The Bertz CT molecular complexity index is 251. The predicted octanol–water partition coefficient (Wildman–Crippen LogP) is 3.87. The minimum absolute atomic E-state index is 0.262. The molecule has 78 valence electrons. The molecule has 1 aromatic rings. The van der Waals surface area contributed by atoms with Crippen molar-refractivity contribution in [2.24, 2.45) is 0 Å². The summed E-state index contributed by atoms with van der Waals surface area (Å²) in [7, 11) is 0. The first-order valence-corrected chi connectivity index (χ1v) is 5.61. The van der Waals surface area contributed by atoms with Gasteiger partial charge in [0.15, 0.2) is 0 Å². The third kappa shape index (κ3) is 4.41.